The summed E-state index contributed by atoms with van der Waals surface area (Å²) < 4.78 is 10.5. The first-order valence-electron chi connectivity index (χ1n) is 6.48. The van der Waals surface area contributed by atoms with E-state index in [1.807, 2.05) is 30.3 Å². The quantitative estimate of drug-likeness (QED) is 0.684. The van der Waals surface area contributed by atoms with Crippen molar-refractivity contribution >= 4 is 16.7 Å². The Labute approximate surface area is 122 Å². The number of methoxy groups -OCH3 is 1. The number of pyridine rings is 1. The van der Waals surface area contributed by atoms with Gasteiger partial charge in [-0.05, 0) is 41.8 Å². The minimum Gasteiger partial charge on any atom is -0.465 e. The Morgan fingerprint density at radius 1 is 1.00 bits per heavy atom. The highest BCUT2D eigenvalue weighted by Crippen LogP contribution is 2.27. The SMILES string of the molecule is COC(=O)c1ccc(Oc2nccc3ccccc23)cc1. The van der Waals surface area contributed by atoms with E-state index in [2.05, 4.69) is 9.72 Å². The van der Waals surface area contributed by atoms with E-state index in [9.17, 15) is 4.79 Å². The Morgan fingerprint density at radius 3 is 2.52 bits per heavy atom. The second-order valence-electron chi connectivity index (χ2n) is 4.46. The van der Waals surface area contributed by atoms with E-state index in [0.717, 1.165) is 10.8 Å². The Balaban J connectivity index is 1.90. The number of hydrogen-bond acceptors (Lipinski definition) is 4. The molecule has 3 aromatic rings. The zero-order chi connectivity index (χ0) is 14.7. The van der Waals surface area contributed by atoms with Crippen molar-refractivity contribution in [2.75, 3.05) is 7.11 Å². The molecule has 0 aliphatic rings. The number of rotatable bonds is 3. The minimum absolute atomic E-state index is 0.371. The maximum Gasteiger partial charge on any atom is 0.337 e. The topological polar surface area (TPSA) is 48.4 Å². The van der Waals surface area contributed by atoms with E-state index in [4.69, 9.17) is 4.74 Å². The van der Waals surface area contributed by atoms with Crippen LogP contribution in [0, 0.1) is 0 Å². The van der Waals surface area contributed by atoms with E-state index in [-0.39, 0.29) is 5.97 Å². The number of aromatic nitrogens is 1. The van der Waals surface area contributed by atoms with Gasteiger partial charge in [0.05, 0.1) is 12.7 Å². The van der Waals surface area contributed by atoms with Crippen LogP contribution in [-0.2, 0) is 4.74 Å². The number of esters is 1. The van der Waals surface area contributed by atoms with E-state index in [1.54, 1.807) is 30.5 Å². The summed E-state index contributed by atoms with van der Waals surface area (Å²) >= 11 is 0. The Morgan fingerprint density at radius 2 is 1.76 bits per heavy atom. The molecule has 1 aromatic heterocycles. The van der Waals surface area contributed by atoms with Crippen molar-refractivity contribution in [3.05, 3.63) is 66.4 Å². The first kappa shape index (κ1) is 13.1. The van der Waals surface area contributed by atoms with Crippen molar-refractivity contribution in [3.63, 3.8) is 0 Å². The molecule has 0 aliphatic heterocycles. The molecule has 0 spiro atoms. The highest BCUT2D eigenvalue weighted by atomic mass is 16.5. The van der Waals surface area contributed by atoms with Gasteiger partial charge in [0.1, 0.15) is 5.75 Å². The number of carbonyl (C=O) groups is 1. The molecule has 1 heterocycles. The van der Waals surface area contributed by atoms with Gasteiger partial charge in [-0.15, -0.1) is 0 Å². The van der Waals surface area contributed by atoms with Crippen LogP contribution >= 0.6 is 0 Å². The molecule has 2 aromatic carbocycles. The Bertz CT molecular complexity index is 776. The van der Waals surface area contributed by atoms with Crippen LogP contribution in [0.15, 0.2) is 60.8 Å². The maximum absolute atomic E-state index is 11.4. The second-order valence-corrected chi connectivity index (χ2v) is 4.46. The zero-order valence-corrected chi connectivity index (χ0v) is 11.4. The standard InChI is InChI=1S/C17H13NO3/c1-20-17(19)13-6-8-14(9-7-13)21-16-15-5-3-2-4-12(15)10-11-18-16/h2-11H,1H3. The van der Waals surface area contributed by atoms with Crippen LogP contribution in [0.25, 0.3) is 10.8 Å². The minimum atomic E-state index is -0.371. The summed E-state index contributed by atoms with van der Waals surface area (Å²) in [4.78, 5) is 15.6. The summed E-state index contributed by atoms with van der Waals surface area (Å²) in [5.41, 5.74) is 0.482. The van der Waals surface area contributed by atoms with Crippen molar-refractivity contribution in [2.45, 2.75) is 0 Å². The molecule has 21 heavy (non-hydrogen) atoms. The molecule has 0 fully saturated rings. The molecule has 0 saturated heterocycles. The summed E-state index contributed by atoms with van der Waals surface area (Å²) in [5.74, 6) is 0.787. The van der Waals surface area contributed by atoms with Gasteiger partial charge in [-0.25, -0.2) is 9.78 Å². The summed E-state index contributed by atoms with van der Waals surface area (Å²) in [6, 6.07) is 16.6. The van der Waals surface area contributed by atoms with Gasteiger partial charge in [0.2, 0.25) is 5.88 Å². The average Bonchev–Trinajstić information content (AvgIpc) is 2.55. The fourth-order valence-corrected chi connectivity index (χ4v) is 2.06. The Kier molecular flexibility index (Phi) is 3.51. The fourth-order valence-electron chi connectivity index (χ4n) is 2.06. The second kappa shape index (κ2) is 5.63. The lowest BCUT2D eigenvalue weighted by Crippen LogP contribution is -2.00. The van der Waals surface area contributed by atoms with Crippen LogP contribution in [0.2, 0.25) is 0 Å². The lowest BCUT2D eigenvalue weighted by atomic mass is 10.2. The third kappa shape index (κ3) is 2.69. The summed E-state index contributed by atoms with van der Waals surface area (Å²) in [5, 5.41) is 2.01. The van der Waals surface area contributed by atoms with Gasteiger partial charge < -0.3 is 9.47 Å². The van der Waals surface area contributed by atoms with Crippen LogP contribution in [0.5, 0.6) is 11.6 Å². The van der Waals surface area contributed by atoms with Crippen molar-refractivity contribution in [2.24, 2.45) is 0 Å². The maximum atomic E-state index is 11.4. The van der Waals surface area contributed by atoms with Gasteiger partial charge in [-0.1, -0.05) is 18.2 Å². The predicted molar refractivity (Wildman–Crippen MR) is 79.6 cm³/mol. The molecule has 0 amide bonds. The summed E-state index contributed by atoms with van der Waals surface area (Å²) in [6.07, 6.45) is 1.71. The van der Waals surface area contributed by atoms with Gasteiger partial charge in [0.15, 0.2) is 0 Å². The molecule has 4 heteroatoms. The number of carbonyl (C=O) groups excluding carboxylic acids is 1. The van der Waals surface area contributed by atoms with Crippen LogP contribution in [0.3, 0.4) is 0 Å². The molecule has 0 radical (unpaired) electrons. The van der Waals surface area contributed by atoms with Crippen LogP contribution in [0.4, 0.5) is 0 Å². The first-order chi connectivity index (χ1) is 10.3. The van der Waals surface area contributed by atoms with Crippen LogP contribution < -0.4 is 4.74 Å². The van der Waals surface area contributed by atoms with E-state index in [0.29, 0.717) is 17.2 Å². The molecule has 3 rings (SSSR count). The van der Waals surface area contributed by atoms with Crippen LogP contribution in [0.1, 0.15) is 10.4 Å². The molecular weight excluding hydrogens is 266 g/mol. The highest BCUT2D eigenvalue weighted by molar-refractivity contribution is 5.89. The molecule has 104 valence electrons. The summed E-state index contributed by atoms with van der Waals surface area (Å²) in [6.45, 7) is 0. The van der Waals surface area contributed by atoms with Crippen molar-refractivity contribution in [1.29, 1.82) is 0 Å². The van der Waals surface area contributed by atoms with Crippen molar-refractivity contribution in [1.82, 2.24) is 4.98 Å². The smallest absolute Gasteiger partial charge is 0.337 e. The lowest BCUT2D eigenvalue weighted by molar-refractivity contribution is 0.0600. The lowest BCUT2D eigenvalue weighted by Gasteiger charge is -2.08. The zero-order valence-electron chi connectivity index (χ0n) is 11.4. The van der Waals surface area contributed by atoms with E-state index >= 15 is 0 Å². The molecule has 0 aliphatic carbocycles. The number of fused-ring (bicyclic) bond motifs is 1. The molecular formula is C17H13NO3. The third-order valence-electron chi connectivity index (χ3n) is 3.13. The molecule has 0 N–H and O–H groups in total. The van der Waals surface area contributed by atoms with Gasteiger partial charge in [-0.3, -0.25) is 0 Å². The molecule has 0 atom stereocenters. The largest absolute Gasteiger partial charge is 0.465 e. The predicted octanol–water partition coefficient (Wildman–Crippen LogP) is 3.81. The molecule has 0 bridgehead atoms. The van der Waals surface area contributed by atoms with Crippen LogP contribution in [-0.4, -0.2) is 18.1 Å². The Hall–Kier alpha value is -2.88. The fraction of sp³-hybridized carbons (Fsp3) is 0.0588. The number of nitrogens with zero attached hydrogens (tertiary/aromatic N) is 1. The molecule has 0 saturated carbocycles. The molecule has 0 unspecified atom stereocenters. The first-order valence-corrected chi connectivity index (χ1v) is 6.48. The van der Waals surface area contributed by atoms with E-state index < -0.39 is 0 Å². The highest BCUT2D eigenvalue weighted by Gasteiger charge is 2.07. The average molecular weight is 279 g/mol. The monoisotopic (exact) mass is 279 g/mol. The van der Waals surface area contributed by atoms with Gasteiger partial charge in [-0.2, -0.15) is 0 Å². The van der Waals surface area contributed by atoms with Gasteiger partial charge >= 0.3 is 5.97 Å². The van der Waals surface area contributed by atoms with Gasteiger partial charge in [0, 0.05) is 11.6 Å². The van der Waals surface area contributed by atoms with Gasteiger partial charge in [0.25, 0.3) is 0 Å². The number of ether oxygens (including phenoxy) is 2. The number of benzene rings is 2. The number of hydrogen-bond donors (Lipinski definition) is 0. The third-order valence-corrected chi connectivity index (χ3v) is 3.13. The van der Waals surface area contributed by atoms with Crippen molar-refractivity contribution in [3.8, 4) is 11.6 Å². The van der Waals surface area contributed by atoms with Crippen molar-refractivity contribution < 1.29 is 14.3 Å². The summed E-state index contributed by atoms with van der Waals surface area (Å²) in [7, 11) is 1.35. The molecule has 4 nitrogen and oxygen atoms in total. The van der Waals surface area contributed by atoms with E-state index in [1.165, 1.54) is 7.11 Å². The normalized spacial score (nSPS) is 10.3.